The molecule has 174 valence electrons. The maximum Gasteiger partial charge on any atom is 0.387 e. The van der Waals surface area contributed by atoms with Gasteiger partial charge < -0.3 is 15.0 Å². The number of nitrogens with one attached hydrogen (secondary N) is 1. The largest absolute Gasteiger partial charge is 0.435 e. The number of rotatable bonds is 6. The summed E-state index contributed by atoms with van der Waals surface area (Å²) in [6.07, 6.45) is 1.04. The minimum Gasteiger partial charge on any atom is -0.435 e. The van der Waals surface area contributed by atoms with E-state index in [1.165, 1.54) is 27.3 Å². The maximum absolute atomic E-state index is 12.8. The van der Waals surface area contributed by atoms with Crippen LogP contribution >= 0.6 is 11.3 Å². The van der Waals surface area contributed by atoms with Crippen LogP contribution in [0, 0.1) is 6.92 Å². The Morgan fingerprint density at radius 1 is 1.09 bits per heavy atom. The second-order valence-electron chi connectivity index (χ2n) is 7.85. The minimum atomic E-state index is -2.89. The first-order chi connectivity index (χ1) is 16.5. The lowest BCUT2D eigenvalue weighted by Gasteiger charge is -2.29. The van der Waals surface area contributed by atoms with Crippen LogP contribution in [0.5, 0.6) is 5.75 Å². The molecule has 0 radical (unpaired) electrons. The van der Waals surface area contributed by atoms with E-state index in [0.29, 0.717) is 17.1 Å². The molecule has 1 N–H and O–H groups in total. The van der Waals surface area contributed by atoms with Crippen molar-refractivity contribution in [1.29, 1.82) is 0 Å². The molecule has 0 fully saturated rings. The molecule has 34 heavy (non-hydrogen) atoms. The number of alkyl halides is 2. The van der Waals surface area contributed by atoms with Crippen LogP contribution < -0.4 is 15.0 Å². The first kappa shape index (κ1) is 22.0. The van der Waals surface area contributed by atoms with E-state index in [9.17, 15) is 13.6 Å². The van der Waals surface area contributed by atoms with Crippen molar-refractivity contribution in [3.8, 4) is 11.4 Å². The zero-order chi connectivity index (χ0) is 23.7. The molecular formula is C24H21F2N5O2S. The highest BCUT2D eigenvalue weighted by Gasteiger charge is 2.19. The first-order valence-corrected chi connectivity index (χ1v) is 11.5. The van der Waals surface area contributed by atoms with Crippen molar-refractivity contribution in [3.05, 3.63) is 81.8 Å². The molecule has 0 atom stereocenters. The Balaban J connectivity index is 1.25. The molecule has 0 aliphatic carbocycles. The summed E-state index contributed by atoms with van der Waals surface area (Å²) in [5.74, 6) is -0.340. The van der Waals surface area contributed by atoms with Crippen LogP contribution in [0.25, 0.3) is 5.69 Å². The number of anilines is 2. The molecule has 0 saturated heterocycles. The summed E-state index contributed by atoms with van der Waals surface area (Å²) in [4.78, 5) is 16.6. The Morgan fingerprint density at radius 2 is 1.82 bits per heavy atom. The van der Waals surface area contributed by atoms with Gasteiger partial charge in [0.15, 0.2) is 5.69 Å². The lowest BCUT2D eigenvalue weighted by atomic mass is 10.1. The van der Waals surface area contributed by atoms with Gasteiger partial charge in [0.25, 0.3) is 5.91 Å². The van der Waals surface area contributed by atoms with Crippen molar-refractivity contribution >= 4 is 28.6 Å². The smallest absolute Gasteiger partial charge is 0.387 e. The van der Waals surface area contributed by atoms with Gasteiger partial charge in [-0.1, -0.05) is 5.21 Å². The van der Waals surface area contributed by atoms with E-state index in [4.69, 9.17) is 0 Å². The van der Waals surface area contributed by atoms with Gasteiger partial charge in [-0.05, 0) is 78.9 Å². The Hall–Kier alpha value is -3.79. The third-order valence-corrected chi connectivity index (χ3v) is 6.74. The molecule has 0 spiro atoms. The number of aromatic nitrogens is 3. The van der Waals surface area contributed by atoms with Crippen LogP contribution in [0.15, 0.2) is 60.0 Å². The topological polar surface area (TPSA) is 72.3 Å². The van der Waals surface area contributed by atoms with E-state index in [-0.39, 0.29) is 17.4 Å². The number of thiophene rings is 1. The molecule has 2 aromatic carbocycles. The Labute approximate surface area is 198 Å². The molecule has 0 saturated carbocycles. The maximum atomic E-state index is 12.8. The van der Waals surface area contributed by atoms with Crippen molar-refractivity contribution < 1.29 is 18.3 Å². The molecule has 10 heteroatoms. The van der Waals surface area contributed by atoms with Gasteiger partial charge in [0.2, 0.25) is 0 Å². The highest BCUT2D eigenvalue weighted by Crippen LogP contribution is 2.28. The van der Waals surface area contributed by atoms with Crippen LogP contribution in [0.1, 0.15) is 26.6 Å². The molecule has 7 nitrogen and oxygen atoms in total. The number of carbonyl (C=O) groups is 1. The van der Waals surface area contributed by atoms with Crippen molar-refractivity contribution in [3.63, 3.8) is 0 Å². The molecule has 5 rings (SSSR count). The zero-order valence-electron chi connectivity index (χ0n) is 18.2. The molecule has 1 amide bonds. The molecule has 3 heterocycles. The first-order valence-electron chi connectivity index (χ1n) is 10.7. The van der Waals surface area contributed by atoms with E-state index >= 15 is 0 Å². The number of carbonyl (C=O) groups excluding carboxylic acids is 1. The van der Waals surface area contributed by atoms with E-state index in [1.807, 2.05) is 35.6 Å². The van der Waals surface area contributed by atoms with Crippen molar-refractivity contribution in [2.75, 3.05) is 16.8 Å². The van der Waals surface area contributed by atoms with E-state index in [1.54, 1.807) is 19.1 Å². The monoisotopic (exact) mass is 481 g/mol. The lowest BCUT2D eigenvalue weighted by molar-refractivity contribution is -0.0498. The Kier molecular flexibility index (Phi) is 5.97. The standard InChI is InChI=1S/C24H21F2N5O2S/c1-15-22(28-29-31(15)19-6-8-20(9-7-19)33-24(25)26)23(32)27-17-2-4-18(5-3-17)30-12-10-21-16(14-30)11-13-34-21/h2-9,11,13,24H,10,12,14H2,1H3,(H,27,32). The molecule has 1 aliphatic rings. The average molecular weight is 482 g/mol. The van der Waals surface area contributed by atoms with Crippen LogP contribution in [-0.2, 0) is 13.0 Å². The van der Waals surface area contributed by atoms with Gasteiger partial charge in [-0.15, -0.1) is 16.4 Å². The second-order valence-corrected chi connectivity index (χ2v) is 8.85. The SMILES string of the molecule is Cc1c(C(=O)Nc2ccc(N3CCc4sccc4C3)cc2)nnn1-c1ccc(OC(F)F)cc1. The molecular weight excluding hydrogens is 460 g/mol. The van der Waals surface area contributed by atoms with Gasteiger partial charge in [-0.3, -0.25) is 4.79 Å². The fourth-order valence-corrected chi connectivity index (χ4v) is 4.86. The number of hydrogen-bond donors (Lipinski definition) is 1. The highest BCUT2D eigenvalue weighted by atomic mass is 32.1. The average Bonchev–Trinajstić information content (AvgIpc) is 3.46. The van der Waals surface area contributed by atoms with Gasteiger partial charge in [-0.2, -0.15) is 8.78 Å². The summed E-state index contributed by atoms with van der Waals surface area (Å²) in [5, 5.41) is 13.1. The van der Waals surface area contributed by atoms with Crippen LogP contribution in [0.3, 0.4) is 0 Å². The number of nitrogens with zero attached hydrogens (tertiary/aromatic N) is 4. The number of fused-ring (bicyclic) bond motifs is 1. The van der Waals surface area contributed by atoms with Gasteiger partial charge in [0, 0.05) is 29.3 Å². The van der Waals surface area contributed by atoms with Gasteiger partial charge in [-0.25, -0.2) is 4.68 Å². The number of ether oxygens (including phenoxy) is 1. The fourth-order valence-electron chi connectivity index (χ4n) is 3.97. The Morgan fingerprint density at radius 3 is 2.56 bits per heavy atom. The quantitative estimate of drug-likeness (QED) is 0.417. The van der Waals surface area contributed by atoms with Crippen LogP contribution in [0.4, 0.5) is 20.2 Å². The van der Waals surface area contributed by atoms with E-state index < -0.39 is 6.61 Å². The lowest BCUT2D eigenvalue weighted by Crippen LogP contribution is -2.29. The van der Waals surface area contributed by atoms with Crippen molar-refractivity contribution in [2.45, 2.75) is 26.5 Å². The molecule has 2 aromatic heterocycles. The zero-order valence-corrected chi connectivity index (χ0v) is 19.1. The van der Waals surface area contributed by atoms with Crippen LogP contribution in [0.2, 0.25) is 0 Å². The van der Waals surface area contributed by atoms with Crippen molar-refractivity contribution in [2.24, 2.45) is 0 Å². The number of amides is 1. The predicted octanol–water partition coefficient (Wildman–Crippen LogP) is 5.05. The minimum absolute atomic E-state index is 0.0400. The summed E-state index contributed by atoms with van der Waals surface area (Å²) in [6.45, 7) is 0.687. The summed E-state index contributed by atoms with van der Waals surface area (Å²) in [7, 11) is 0. The second kappa shape index (κ2) is 9.22. The molecule has 1 aliphatic heterocycles. The molecule has 0 unspecified atom stereocenters. The van der Waals surface area contributed by atoms with Crippen molar-refractivity contribution in [1.82, 2.24) is 15.0 Å². The Bertz CT molecular complexity index is 1300. The van der Waals surface area contributed by atoms with Gasteiger partial charge in [0.05, 0.1) is 11.4 Å². The third kappa shape index (κ3) is 4.49. The summed E-state index contributed by atoms with van der Waals surface area (Å²) >= 11 is 1.81. The van der Waals surface area contributed by atoms with Crippen LogP contribution in [-0.4, -0.2) is 34.1 Å². The number of benzene rings is 2. The molecule has 0 bridgehead atoms. The summed E-state index contributed by atoms with van der Waals surface area (Å²) < 4.78 is 30.5. The predicted molar refractivity (Wildman–Crippen MR) is 126 cm³/mol. The normalized spacial score (nSPS) is 13.1. The summed E-state index contributed by atoms with van der Waals surface area (Å²) in [6, 6.07) is 15.9. The highest BCUT2D eigenvalue weighted by molar-refractivity contribution is 7.10. The van der Waals surface area contributed by atoms with E-state index in [0.717, 1.165) is 25.2 Å². The summed E-state index contributed by atoms with van der Waals surface area (Å²) in [5.41, 5.74) is 4.42. The van der Waals surface area contributed by atoms with Gasteiger partial charge in [0.1, 0.15) is 5.75 Å². The molecule has 4 aromatic rings. The van der Waals surface area contributed by atoms with Gasteiger partial charge >= 0.3 is 6.61 Å². The fraction of sp³-hybridized carbons (Fsp3) is 0.208. The number of halogens is 2. The third-order valence-electron chi connectivity index (χ3n) is 5.71. The van der Waals surface area contributed by atoms with E-state index in [2.05, 4.69) is 36.7 Å². The number of hydrogen-bond acceptors (Lipinski definition) is 6.